The van der Waals surface area contributed by atoms with Gasteiger partial charge in [0.2, 0.25) is 0 Å². The smallest absolute Gasteiger partial charge is 0.141 e. The van der Waals surface area contributed by atoms with Crippen LogP contribution in [0.5, 0.6) is 0 Å². The van der Waals surface area contributed by atoms with Crippen LogP contribution in [0.1, 0.15) is 26.7 Å². The van der Waals surface area contributed by atoms with E-state index < -0.39 is 6.47 Å². The van der Waals surface area contributed by atoms with E-state index >= 15 is 0 Å². The molecule has 152 valence electrons. The summed E-state index contributed by atoms with van der Waals surface area (Å²) in [6.07, 6.45) is 9.54. The Morgan fingerprint density at radius 3 is 1.48 bits per heavy atom. The van der Waals surface area contributed by atoms with Crippen LogP contribution in [-0.4, -0.2) is 43.1 Å². The molecule has 0 fully saturated rings. The van der Waals surface area contributed by atoms with Crippen molar-refractivity contribution in [2.45, 2.75) is 33.2 Å². The van der Waals surface area contributed by atoms with Gasteiger partial charge in [0, 0.05) is 18.3 Å². The third kappa shape index (κ3) is 5.72. The Bertz CT molecular complexity index is 619. The zero-order chi connectivity index (χ0) is 20.3. The minimum absolute atomic E-state index is 0.0199. The van der Waals surface area contributed by atoms with Gasteiger partial charge in [0.05, 0.1) is 13.2 Å². The van der Waals surface area contributed by atoms with E-state index in [-0.39, 0.29) is 31.8 Å². The fourth-order valence-electron chi connectivity index (χ4n) is 3.05. The average Bonchev–Trinajstić information content (AvgIpc) is 2.58. The van der Waals surface area contributed by atoms with Crippen molar-refractivity contribution in [3.05, 3.63) is 47.0 Å². The van der Waals surface area contributed by atoms with E-state index in [1.165, 1.54) is 11.1 Å². The van der Waals surface area contributed by atoms with Crippen molar-refractivity contribution in [3.8, 4) is 0 Å². The largest absolute Gasteiger partial charge is 0.493 e. The highest BCUT2D eigenvalue weighted by Crippen LogP contribution is 2.53. The summed E-state index contributed by atoms with van der Waals surface area (Å²) in [6, 6.07) is 0. The third-order valence-corrected chi connectivity index (χ3v) is 7.41. The van der Waals surface area contributed by atoms with Gasteiger partial charge in [0.1, 0.15) is 31.2 Å². The molecule has 0 bridgehead atoms. The third-order valence-electron chi connectivity index (χ3n) is 4.72. The second kappa shape index (κ2) is 9.47. The van der Waals surface area contributed by atoms with Crippen LogP contribution in [0.3, 0.4) is 0 Å². The van der Waals surface area contributed by atoms with Crippen LogP contribution >= 0.6 is 63.7 Å². The molecule has 0 heterocycles. The molecule has 2 N–H and O–H groups in total. The molecule has 2 aliphatic carbocycles. The van der Waals surface area contributed by atoms with E-state index in [4.69, 9.17) is 19.7 Å². The van der Waals surface area contributed by atoms with Crippen molar-refractivity contribution >= 4 is 63.7 Å². The van der Waals surface area contributed by atoms with Crippen LogP contribution in [0.4, 0.5) is 0 Å². The van der Waals surface area contributed by atoms with Gasteiger partial charge in [0.15, 0.2) is 0 Å². The van der Waals surface area contributed by atoms with Crippen LogP contribution in [0.2, 0.25) is 0 Å². The lowest BCUT2D eigenvalue weighted by atomic mass is 9.71. The number of aliphatic hydroxyl groups excluding tert-OH is 2. The molecule has 0 aromatic heterocycles. The molecule has 0 amide bonds. The molecular weight excluding hydrogens is 612 g/mol. The standard InChI is InChI=1S/C19H24Br4O4/c1-17(2,13-3-5-15(26-9-7-24)18(20,21)11-13)14-4-6-16(27-10-8-25)19(22,23)12-14/h3-6,24-25H,7-12H2,1-2H3. The van der Waals surface area contributed by atoms with Gasteiger partial charge >= 0.3 is 0 Å². The number of alkyl halides is 4. The SMILES string of the molecule is CC(C)(C1=CC=C(OCCO)C(Br)(Br)C1)C1=CC=C(OCCO)C(Br)(Br)C1. The van der Waals surface area contributed by atoms with E-state index in [2.05, 4.69) is 89.7 Å². The average molecular weight is 636 g/mol. The van der Waals surface area contributed by atoms with Crippen LogP contribution in [0, 0.1) is 5.41 Å². The molecule has 2 aliphatic rings. The van der Waals surface area contributed by atoms with Gasteiger partial charge < -0.3 is 19.7 Å². The van der Waals surface area contributed by atoms with Crippen molar-refractivity contribution in [1.29, 1.82) is 0 Å². The van der Waals surface area contributed by atoms with E-state index in [1.807, 2.05) is 12.2 Å². The van der Waals surface area contributed by atoms with Crippen molar-refractivity contribution in [2.24, 2.45) is 5.41 Å². The maximum absolute atomic E-state index is 9.00. The minimum Gasteiger partial charge on any atom is -0.493 e. The quantitative estimate of drug-likeness (QED) is 0.350. The molecule has 2 rings (SSSR count). The summed E-state index contributed by atoms with van der Waals surface area (Å²) in [7, 11) is 0. The molecule has 0 radical (unpaired) electrons. The normalized spacial score (nSPS) is 21.6. The van der Waals surface area contributed by atoms with E-state index in [9.17, 15) is 0 Å². The molecule has 8 heteroatoms. The highest BCUT2D eigenvalue weighted by atomic mass is 79.9. The van der Waals surface area contributed by atoms with Crippen LogP contribution in [-0.2, 0) is 9.47 Å². The summed E-state index contributed by atoms with van der Waals surface area (Å²) in [5, 5.41) is 18.0. The first-order valence-corrected chi connectivity index (χ1v) is 11.8. The topological polar surface area (TPSA) is 58.9 Å². The summed E-state index contributed by atoms with van der Waals surface area (Å²) in [5.74, 6) is 1.51. The second-order valence-corrected chi connectivity index (χ2v) is 14.5. The number of rotatable bonds is 8. The van der Waals surface area contributed by atoms with Gasteiger partial charge in [-0.1, -0.05) is 101 Å². The van der Waals surface area contributed by atoms with Gasteiger partial charge in [0.25, 0.3) is 0 Å². The van der Waals surface area contributed by atoms with Crippen LogP contribution < -0.4 is 0 Å². The second-order valence-electron chi connectivity index (χ2n) is 6.98. The van der Waals surface area contributed by atoms with Crippen LogP contribution in [0.15, 0.2) is 47.0 Å². The summed E-state index contributed by atoms with van der Waals surface area (Å²) in [5.41, 5.74) is 2.32. The lowest BCUT2D eigenvalue weighted by molar-refractivity contribution is 0.137. The summed E-state index contributed by atoms with van der Waals surface area (Å²) in [4.78, 5) is 0. The molecule has 0 unspecified atom stereocenters. The van der Waals surface area contributed by atoms with Crippen LogP contribution in [0.25, 0.3) is 0 Å². The predicted molar refractivity (Wildman–Crippen MR) is 123 cm³/mol. The van der Waals surface area contributed by atoms with E-state index in [0.717, 1.165) is 24.4 Å². The lowest BCUT2D eigenvalue weighted by Crippen LogP contribution is -2.32. The summed E-state index contributed by atoms with van der Waals surface area (Å²) >= 11 is 14.9. The minimum atomic E-state index is -0.489. The lowest BCUT2D eigenvalue weighted by Gasteiger charge is -2.40. The first kappa shape index (κ1) is 23.7. The number of halogens is 4. The Balaban J connectivity index is 2.28. The molecule has 0 aromatic carbocycles. The molecule has 4 nitrogen and oxygen atoms in total. The molecular formula is C19H24Br4O4. The maximum Gasteiger partial charge on any atom is 0.141 e. The fraction of sp³-hybridized carbons (Fsp3) is 0.579. The number of ether oxygens (including phenoxy) is 2. The molecule has 0 aromatic rings. The Hall–Kier alpha value is 0.400. The summed E-state index contributed by atoms with van der Waals surface area (Å²) < 4.78 is 10.3. The van der Waals surface area contributed by atoms with Gasteiger partial charge in [-0.15, -0.1) is 0 Å². The fourth-order valence-corrected chi connectivity index (χ4v) is 5.25. The van der Waals surface area contributed by atoms with E-state index in [0.29, 0.717) is 0 Å². The Morgan fingerprint density at radius 2 is 1.19 bits per heavy atom. The molecule has 0 spiro atoms. The first-order chi connectivity index (χ1) is 12.5. The number of aliphatic hydroxyl groups is 2. The Morgan fingerprint density at radius 1 is 0.815 bits per heavy atom. The Kier molecular flexibility index (Phi) is 8.31. The monoisotopic (exact) mass is 632 g/mol. The van der Waals surface area contributed by atoms with Gasteiger partial charge in [-0.25, -0.2) is 0 Å². The molecule has 0 saturated heterocycles. The molecule has 27 heavy (non-hydrogen) atoms. The van der Waals surface area contributed by atoms with Crippen molar-refractivity contribution in [1.82, 2.24) is 0 Å². The molecule has 0 atom stereocenters. The van der Waals surface area contributed by atoms with Gasteiger partial charge in [-0.3, -0.25) is 0 Å². The zero-order valence-corrected chi connectivity index (χ0v) is 21.6. The maximum atomic E-state index is 9.00. The number of hydrogen-bond acceptors (Lipinski definition) is 4. The number of allylic oxidation sites excluding steroid dienone is 8. The van der Waals surface area contributed by atoms with Crippen molar-refractivity contribution in [3.63, 3.8) is 0 Å². The van der Waals surface area contributed by atoms with E-state index in [1.54, 1.807) is 0 Å². The van der Waals surface area contributed by atoms with Crippen molar-refractivity contribution < 1.29 is 19.7 Å². The van der Waals surface area contributed by atoms with Gasteiger partial charge in [-0.05, 0) is 12.2 Å². The highest BCUT2D eigenvalue weighted by Gasteiger charge is 2.42. The first-order valence-electron chi connectivity index (χ1n) is 8.61. The molecule has 0 aliphatic heterocycles. The highest BCUT2D eigenvalue weighted by molar-refractivity contribution is 9.25. The van der Waals surface area contributed by atoms with Gasteiger partial charge in [-0.2, -0.15) is 0 Å². The zero-order valence-electron chi connectivity index (χ0n) is 15.3. The molecule has 0 saturated carbocycles. The number of hydrogen-bond donors (Lipinski definition) is 2. The predicted octanol–water partition coefficient (Wildman–Crippen LogP) is 5.43. The van der Waals surface area contributed by atoms with Crippen molar-refractivity contribution in [2.75, 3.05) is 26.4 Å². The summed E-state index contributed by atoms with van der Waals surface area (Å²) in [6.45, 7) is 4.90. The Labute approximate surface area is 194 Å².